The summed E-state index contributed by atoms with van der Waals surface area (Å²) in [5, 5.41) is 2.58. The number of hydrogen-bond donors (Lipinski definition) is 0. The van der Waals surface area contributed by atoms with Gasteiger partial charge in [0.25, 0.3) is 0 Å². The molecular formula is C56H49N. The van der Waals surface area contributed by atoms with Gasteiger partial charge in [-0.25, -0.2) is 0 Å². The van der Waals surface area contributed by atoms with E-state index in [9.17, 15) is 0 Å². The Morgan fingerprint density at radius 2 is 1.00 bits per heavy atom. The van der Waals surface area contributed by atoms with Gasteiger partial charge in [-0.2, -0.15) is 0 Å². The molecule has 5 atom stereocenters. The van der Waals surface area contributed by atoms with Crippen LogP contribution in [0.4, 0.5) is 17.1 Å². The Hall–Kier alpha value is -5.40. The van der Waals surface area contributed by atoms with Gasteiger partial charge in [-0.05, 0) is 171 Å². The van der Waals surface area contributed by atoms with Gasteiger partial charge in [0.05, 0.1) is 0 Å². The van der Waals surface area contributed by atoms with Crippen LogP contribution in [-0.2, 0) is 10.8 Å². The number of fused-ring (bicyclic) bond motifs is 10. The van der Waals surface area contributed by atoms with Crippen molar-refractivity contribution in [1.82, 2.24) is 0 Å². The smallest absolute Gasteiger partial charge is 0.0468 e. The second kappa shape index (κ2) is 12.1. The van der Waals surface area contributed by atoms with Crippen LogP contribution in [0.25, 0.3) is 44.2 Å². The summed E-state index contributed by atoms with van der Waals surface area (Å²) in [6.07, 6.45) is 13.7. The molecule has 14 rings (SSSR count). The molecule has 1 nitrogen and oxygen atoms in total. The molecule has 0 aliphatic heterocycles. The molecule has 0 radical (unpaired) electrons. The van der Waals surface area contributed by atoms with Crippen LogP contribution >= 0.6 is 0 Å². The number of nitrogens with zero attached hydrogens (tertiary/aromatic N) is 1. The van der Waals surface area contributed by atoms with E-state index in [1.54, 1.807) is 22.3 Å². The van der Waals surface area contributed by atoms with Gasteiger partial charge in [-0.15, -0.1) is 0 Å². The van der Waals surface area contributed by atoms with Crippen LogP contribution in [0.5, 0.6) is 0 Å². The number of hydrogen-bond acceptors (Lipinski definition) is 1. The minimum Gasteiger partial charge on any atom is -0.310 e. The lowest BCUT2D eigenvalue weighted by Crippen LogP contribution is -2.48. The minimum absolute atomic E-state index is 0.161. The SMILES string of the molecule is c1ccc2c(c1)-c1cc(N(c3ccc(-c4cccc5ccccc45)cc3)c3ccc4c(c3)-c3ccccc3C43C4CCC5CC(C4)CC3C5)ccc1C21CCCC1. The van der Waals surface area contributed by atoms with Crippen LogP contribution in [0, 0.1) is 23.7 Å². The lowest BCUT2D eigenvalue weighted by molar-refractivity contribution is 0.0618. The van der Waals surface area contributed by atoms with E-state index in [1.807, 2.05) is 0 Å². The minimum atomic E-state index is 0.161. The van der Waals surface area contributed by atoms with Gasteiger partial charge >= 0.3 is 0 Å². The zero-order chi connectivity index (χ0) is 37.3. The maximum atomic E-state index is 2.60. The molecule has 57 heavy (non-hydrogen) atoms. The van der Waals surface area contributed by atoms with E-state index in [4.69, 9.17) is 0 Å². The molecule has 0 saturated heterocycles. The van der Waals surface area contributed by atoms with Gasteiger partial charge in [0.2, 0.25) is 0 Å². The quantitative estimate of drug-likeness (QED) is 0.174. The highest BCUT2D eigenvalue weighted by Crippen LogP contribution is 2.68. The van der Waals surface area contributed by atoms with Gasteiger partial charge in [0.15, 0.2) is 0 Å². The van der Waals surface area contributed by atoms with Crippen LogP contribution in [0.2, 0.25) is 0 Å². The number of anilines is 3. The Labute approximate surface area is 337 Å². The number of rotatable bonds is 4. The molecule has 5 fully saturated rings. The van der Waals surface area contributed by atoms with Gasteiger partial charge in [-0.3, -0.25) is 0 Å². The van der Waals surface area contributed by atoms with Crippen molar-refractivity contribution < 1.29 is 0 Å². The highest BCUT2D eigenvalue weighted by molar-refractivity contribution is 5.97. The maximum Gasteiger partial charge on any atom is 0.0468 e. The summed E-state index contributed by atoms with van der Waals surface area (Å²) >= 11 is 0. The van der Waals surface area contributed by atoms with Crippen molar-refractivity contribution in [2.24, 2.45) is 23.7 Å². The zero-order valence-electron chi connectivity index (χ0n) is 32.8. The molecule has 5 saturated carbocycles. The number of benzene rings is 7. The molecule has 0 aromatic heterocycles. The fraction of sp³-hybridized carbons (Fsp3) is 0.286. The van der Waals surface area contributed by atoms with Gasteiger partial charge in [0, 0.05) is 27.9 Å². The Morgan fingerprint density at radius 1 is 0.421 bits per heavy atom. The summed E-state index contributed by atoms with van der Waals surface area (Å²) in [6, 6.07) is 58.9. The van der Waals surface area contributed by atoms with Crippen molar-refractivity contribution in [1.29, 1.82) is 0 Å². The van der Waals surface area contributed by atoms with Crippen molar-refractivity contribution >= 4 is 27.8 Å². The first-order valence-electron chi connectivity index (χ1n) is 22.1. The monoisotopic (exact) mass is 735 g/mol. The van der Waals surface area contributed by atoms with Crippen LogP contribution in [0.3, 0.4) is 0 Å². The fourth-order valence-electron chi connectivity index (χ4n) is 14.3. The van der Waals surface area contributed by atoms with Crippen LogP contribution < -0.4 is 4.90 Å². The van der Waals surface area contributed by atoms with E-state index in [-0.39, 0.29) is 10.8 Å². The fourth-order valence-corrected chi connectivity index (χ4v) is 14.3. The summed E-state index contributed by atoms with van der Waals surface area (Å²) in [6.45, 7) is 0. The third kappa shape index (κ3) is 4.47. The van der Waals surface area contributed by atoms with Crippen molar-refractivity contribution in [2.75, 3.05) is 4.90 Å². The lowest BCUT2D eigenvalue weighted by atomic mass is 9.51. The van der Waals surface area contributed by atoms with Crippen molar-refractivity contribution in [2.45, 2.75) is 75.0 Å². The Bertz CT molecular complexity index is 2730. The van der Waals surface area contributed by atoms with Crippen LogP contribution in [0.15, 0.2) is 152 Å². The topological polar surface area (TPSA) is 3.24 Å². The first kappa shape index (κ1) is 32.7. The first-order valence-corrected chi connectivity index (χ1v) is 22.1. The predicted octanol–water partition coefficient (Wildman–Crippen LogP) is 14.9. The molecule has 0 N–H and O–H groups in total. The van der Waals surface area contributed by atoms with E-state index in [0.717, 1.165) is 23.7 Å². The van der Waals surface area contributed by atoms with Crippen LogP contribution in [0.1, 0.15) is 86.5 Å². The normalized spacial score (nSPS) is 25.4. The van der Waals surface area contributed by atoms with Crippen molar-refractivity contribution in [3.8, 4) is 33.4 Å². The zero-order valence-corrected chi connectivity index (χ0v) is 32.8. The van der Waals surface area contributed by atoms with Gasteiger partial charge in [-0.1, -0.05) is 135 Å². The maximum absolute atomic E-state index is 2.60. The third-order valence-corrected chi connectivity index (χ3v) is 16.3. The van der Waals surface area contributed by atoms with E-state index < -0.39 is 0 Å². The third-order valence-electron chi connectivity index (χ3n) is 16.3. The van der Waals surface area contributed by atoms with Crippen molar-refractivity contribution in [3.63, 3.8) is 0 Å². The molecular weight excluding hydrogens is 687 g/mol. The molecule has 2 spiro atoms. The lowest BCUT2D eigenvalue weighted by Gasteiger charge is -2.53. The predicted molar refractivity (Wildman–Crippen MR) is 237 cm³/mol. The Morgan fingerprint density at radius 3 is 1.82 bits per heavy atom. The van der Waals surface area contributed by atoms with E-state index in [0.29, 0.717) is 0 Å². The van der Waals surface area contributed by atoms with Crippen LogP contribution in [-0.4, -0.2) is 0 Å². The molecule has 0 heterocycles. The molecule has 1 heteroatoms. The van der Waals surface area contributed by atoms with Gasteiger partial charge in [0.1, 0.15) is 0 Å². The van der Waals surface area contributed by atoms with E-state index in [1.165, 1.54) is 125 Å². The largest absolute Gasteiger partial charge is 0.310 e. The van der Waals surface area contributed by atoms with Gasteiger partial charge < -0.3 is 4.90 Å². The highest BCUT2D eigenvalue weighted by atomic mass is 15.1. The molecule has 7 aromatic rings. The molecule has 7 aliphatic rings. The van der Waals surface area contributed by atoms with E-state index in [2.05, 4.69) is 157 Å². The Balaban J connectivity index is 0.994. The molecule has 278 valence electrons. The highest BCUT2D eigenvalue weighted by Gasteiger charge is 2.59. The molecule has 0 amide bonds. The molecule has 5 unspecified atom stereocenters. The summed E-state index contributed by atoms with van der Waals surface area (Å²) < 4.78 is 0. The Kier molecular flexibility index (Phi) is 6.91. The average Bonchev–Trinajstić information content (AvgIpc) is 3.89. The first-order chi connectivity index (χ1) is 28.2. The second-order valence-corrected chi connectivity index (χ2v) is 18.8. The average molecular weight is 736 g/mol. The molecule has 4 bridgehead atoms. The standard InChI is InChI=1S/C56H49N/c1-2-12-45-38(10-1)11-9-15-46(45)39-19-22-42(23-20-39)57(43-24-26-52-49(34-43)47-13-3-5-16-51(47)55(52)28-7-8-29-55)44-25-27-54-50(35-44)48-14-4-6-17-53(48)56(54)40-21-18-36-30-37(32-40)33-41(56)31-36/h1-6,9-17,19-20,22-27,34-37,40-41H,7-8,18,21,28-33H2. The summed E-state index contributed by atoms with van der Waals surface area (Å²) in [7, 11) is 0. The molecule has 7 aromatic carbocycles. The summed E-state index contributed by atoms with van der Waals surface area (Å²) in [5.74, 6) is 3.37. The summed E-state index contributed by atoms with van der Waals surface area (Å²) in [5.41, 5.74) is 18.7. The summed E-state index contributed by atoms with van der Waals surface area (Å²) in [4.78, 5) is 2.56. The second-order valence-electron chi connectivity index (χ2n) is 18.8. The van der Waals surface area contributed by atoms with E-state index >= 15 is 0 Å². The molecule has 7 aliphatic carbocycles. The van der Waals surface area contributed by atoms with Crippen molar-refractivity contribution in [3.05, 3.63) is 174 Å².